The number of nitrogens with one attached hydrogen (secondary N) is 1. The number of hydrogen-bond acceptors (Lipinski definition) is 7. The zero-order valence-corrected chi connectivity index (χ0v) is 16.5. The third-order valence-corrected chi connectivity index (χ3v) is 6.93. The third-order valence-electron chi connectivity index (χ3n) is 5.30. The molecule has 3 heterocycles. The molecule has 2 fully saturated rings. The minimum Gasteiger partial charge on any atom is -0.480 e. The zero-order valence-electron chi connectivity index (χ0n) is 15.7. The molecule has 3 N–H and O–H groups in total. The molecule has 0 aliphatic carbocycles. The first-order valence-corrected chi connectivity index (χ1v) is 9.82. The fourth-order valence-electron chi connectivity index (χ4n) is 3.80. The summed E-state index contributed by atoms with van der Waals surface area (Å²) in [6, 6.07) is 7.01. The van der Waals surface area contributed by atoms with Crippen molar-refractivity contribution in [2.75, 3.05) is 6.61 Å². The molecule has 2 saturated heterocycles. The number of aliphatic carboxylic acids is 1. The number of rotatable bonds is 5. The van der Waals surface area contributed by atoms with Crippen LogP contribution < -0.4 is 5.32 Å². The first-order chi connectivity index (χ1) is 13.8. The fourth-order valence-corrected chi connectivity index (χ4v) is 5.43. The molecule has 29 heavy (non-hydrogen) atoms. The number of aromatic nitrogens is 1. The van der Waals surface area contributed by atoms with Crippen LogP contribution in [0.3, 0.4) is 0 Å². The van der Waals surface area contributed by atoms with E-state index in [0.717, 1.165) is 0 Å². The number of fused-ring (bicyclic) bond motifs is 1. The second-order valence-electron chi connectivity index (χ2n) is 7.25. The summed E-state index contributed by atoms with van der Waals surface area (Å²) in [4.78, 5) is 38.4. The van der Waals surface area contributed by atoms with E-state index in [1.807, 2.05) is 18.2 Å². The summed E-state index contributed by atoms with van der Waals surface area (Å²) in [7, 11) is 0. The van der Waals surface area contributed by atoms with E-state index >= 15 is 0 Å². The molecule has 2 aliphatic heterocycles. The van der Waals surface area contributed by atoms with Crippen LogP contribution in [0.4, 0.5) is 0 Å². The van der Waals surface area contributed by atoms with Gasteiger partial charge in [-0.1, -0.05) is 35.5 Å². The SMILES string of the molecule is Cc1onc(-c2ccccc2)c1C(=O)N[C@@H]1C(=O)N2[C@@H]1SC(C)(CO)[C@@H]2C(=O)O. The summed E-state index contributed by atoms with van der Waals surface area (Å²) in [5.41, 5.74) is 1.29. The number of carboxylic acids is 1. The van der Waals surface area contributed by atoms with Crippen molar-refractivity contribution < 1.29 is 29.1 Å². The van der Waals surface area contributed by atoms with Crippen molar-refractivity contribution in [1.29, 1.82) is 0 Å². The Balaban J connectivity index is 1.58. The quantitative estimate of drug-likeness (QED) is 0.611. The highest BCUT2D eigenvalue weighted by molar-refractivity contribution is 8.01. The molecule has 0 bridgehead atoms. The Morgan fingerprint density at radius 3 is 2.66 bits per heavy atom. The van der Waals surface area contributed by atoms with Crippen LogP contribution >= 0.6 is 11.8 Å². The van der Waals surface area contributed by atoms with Gasteiger partial charge in [-0.05, 0) is 13.8 Å². The number of nitrogens with zero attached hydrogens (tertiary/aromatic N) is 2. The zero-order chi connectivity index (χ0) is 20.9. The molecule has 152 valence electrons. The standard InChI is InChI=1S/C19H19N3O6S/c1-9-11(12(21-28-9)10-6-4-3-5-7-10)15(24)20-13-16(25)22-14(18(26)27)19(2,8-23)29-17(13)22/h3-7,13-14,17,23H,8H2,1-2H3,(H,20,24)(H,26,27)/t13-,14+,17-,19?/m1/s1. The molecule has 2 aliphatic rings. The van der Waals surface area contributed by atoms with Crippen LogP contribution in [0, 0.1) is 6.92 Å². The highest BCUT2D eigenvalue weighted by atomic mass is 32.2. The van der Waals surface area contributed by atoms with E-state index in [-0.39, 0.29) is 5.56 Å². The van der Waals surface area contributed by atoms with Gasteiger partial charge in [0.25, 0.3) is 5.91 Å². The number of aryl methyl sites for hydroxylation is 1. The number of β-lactam (4-membered cyclic amide) rings is 1. The van der Waals surface area contributed by atoms with E-state index in [4.69, 9.17) is 4.52 Å². The van der Waals surface area contributed by atoms with E-state index in [1.54, 1.807) is 26.0 Å². The van der Waals surface area contributed by atoms with Crippen LogP contribution in [0.15, 0.2) is 34.9 Å². The predicted octanol–water partition coefficient (Wildman–Crippen LogP) is 0.868. The fraction of sp³-hybridized carbons (Fsp3) is 0.368. The Bertz CT molecular complexity index is 993. The van der Waals surface area contributed by atoms with Gasteiger partial charge in [-0.3, -0.25) is 9.59 Å². The molecule has 0 saturated carbocycles. The largest absolute Gasteiger partial charge is 0.480 e. The lowest BCUT2D eigenvalue weighted by Crippen LogP contribution is -2.70. The Hall–Kier alpha value is -2.85. The molecule has 2 amide bonds. The summed E-state index contributed by atoms with van der Waals surface area (Å²) in [5, 5.41) is 25.3. The van der Waals surface area contributed by atoms with Gasteiger partial charge in [-0.25, -0.2) is 4.79 Å². The lowest BCUT2D eigenvalue weighted by molar-refractivity contribution is -0.160. The van der Waals surface area contributed by atoms with E-state index in [9.17, 15) is 24.6 Å². The Kier molecular flexibility index (Phi) is 4.62. The summed E-state index contributed by atoms with van der Waals surface area (Å²) in [6.07, 6.45) is 0. The maximum Gasteiger partial charge on any atom is 0.328 e. The smallest absolute Gasteiger partial charge is 0.328 e. The normalized spacial score (nSPS) is 28.0. The lowest BCUT2D eigenvalue weighted by atomic mass is 9.95. The van der Waals surface area contributed by atoms with Gasteiger partial charge in [0.05, 0.1) is 11.4 Å². The average molecular weight is 417 g/mol. The number of aliphatic hydroxyl groups excluding tert-OH is 1. The van der Waals surface area contributed by atoms with Gasteiger partial charge in [0.15, 0.2) is 0 Å². The molecule has 2 aromatic rings. The van der Waals surface area contributed by atoms with E-state index in [2.05, 4.69) is 10.5 Å². The molecule has 0 radical (unpaired) electrons. The molecule has 4 atom stereocenters. The molecule has 10 heteroatoms. The van der Waals surface area contributed by atoms with Crippen molar-refractivity contribution in [3.8, 4) is 11.3 Å². The van der Waals surface area contributed by atoms with Crippen molar-refractivity contribution >= 4 is 29.5 Å². The third kappa shape index (κ3) is 2.90. The van der Waals surface area contributed by atoms with Gasteiger partial charge in [-0.15, -0.1) is 11.8 Å². The summed E-state index contributed by atoms with van der Waals surface area (Å²) in [5.74, 6) is -1.88. The van der Waals surface area contributed by atoms with Crippen LogP contribution in [0.5, 0.6) is 0 Å². The minimum atomic E-state index is -1.18. The topological polar surface area (TPSA) is 133 Å². The van der Waals surface area contributed by atoms with Crippen molar-refractivity contribution in [2.24, 2.45) is 0 Å². The lowest BCUT2D eigenvalue weighted by Gasteiger charge is -2.43. The Labute approximate surface area is 170 Å². The molecular weight excluding hydrogens is 398 g/mol. The number of thioether (sulfide) groups is 1. The van der Waals surface area contributed by atoms with Crippen LogP contribution in [0.2, 0.25) is 0 Å². The van der Waals surface area contributed by atoms with Crippen LogP contribution in [0.1, 0.15) is 23.0 Å². The number of hydrogen-bond donors (Lipinski definition) is 3. The number of carbonyl (C=O) groups excluding carboxylic acids is 2. The van der Waals surface area contributed by atoms with Gasteiger partial charge in [-0.2, -0.15) is 0 Å². The Morgan fingerprint density at radius 2 is 2.03 bits per heavy atom. The van der Waals surface area contributed by atoms with E-state index in [1.165, 1.54) is 16.7 Å². The van der Waals surface area contributed by atoms with E-state index < -0.39 is 46.6 Å². The molecule has 1 aromatic carbocycles. The van der Waals surface area contributed by atoms with Crippen molar-refractivity contribution in [1.82, 2.24) is 15.4 Å². The molecular formula is C19H19N3O6S. The van der Waals surface area contributed by atoms with Crippen molar-refractivity contribution in [3.63, 3.8) is 0 Å². The average Bonchev–Trinajstić information content (AvgIpc) is 3.23. The summed E-state index contributed by atoms with van der Waals surface area (Å²) < 4.78 is 4.15. The second-order valence-corrected chi connectivity index (χ2v) is 8.90. The van der Waals surface area contributed by atoms with E-state index in [0.29, 0.717) is 17.0 Å². The second kappa shape index (κ2) is 6.89. The highest BCUT2D eigenvalue weighted by Crippen LogP contribution is 2.50. The van der Waals surface area contributed by atoms with Crippen LogP contribution in [-0.4, -0.2) is 66.9 Å². The number of carbonyl (C=O) groups is 3. The molecule has 4 rings (SSSR count). The molecule has 9 nitrogen and oxygen atoms in total. The first-order valence-electron chi connectivity index (χ1n) is 8.94. The van der Waals surface area contributed by atoms with Gasteiger partial charge in [0, 0.05) is 5.56 Å². The van der Waals surface area contributed by atoms with Gasteiger partial charge in [0.2, 0.25) is 5.91 Å². The monoisotopic (exact) mass is 417 g/mol. The maximum atomic E-state index is 12.9. The Morgan fingerprint density at radius 1 is 1.34 bits per heavy atom. The van der Waals surface area contributed by atoms with Gasteiger partial charge in [0.1, 0.15) is 34.5 Å². The van der Waals surface area contributed by atoms with Crippen LogP contribution in [-0.2, 0) is 9.59 Å². The number of benzene rings is 1. The highest BCUT2D eigenvalue weighted by Gasteiger charge is 2.65. The first kappa shape index (κ1) is 19.5. The summed E-state index contributed by atoms with van der Waals surface area (Å²) >= 11 is 1.18. The van der Waals surface area contributed by atoms with Gasteiger partial charge < -0.3 is 25.0 Å². The number of aliphatic hydroxyl groups is 1. The van der Waals surface area contributed by atoms with Crippen molar-refractivity contribution in [2.45, 2.75) is 36.1 Å². The minimum absolute atomic E-state index is 0.227. The molecule has 1 unspecified atom stereocenters. The summed E-state index contributed by atoms with van der Waals surface area (Å²) in [6.45, 7) is 2.80. The molecule has 0 spiro atoms. The molecule has 1 aromatic heterocycles. The number of amides is 2. The predicted molar refractivity (Wildman–Crippen MR) is 103 cm³/mol. The van der Waals surface area contributed by atoms with Gasteiger partial charge >= 0.3 is 5.97 Å². The van der Waals surface area contributed by atoms with Crippen LogP contribution in [0.25, 0.3) is 11.3 Å². The van der Waals surface area contributed by atoms with Crippen molar-refractivity contribution in [3.05, 3.63) is 41.7 Å². The maximum absolute atomic E-state index is 12.9. The number of carboxylic acid groups (broad SMARTS) is 1.